The van der Waals surface area contributed by atoms with E-state index in [9.17, 15) is 13.5 Å². The molecule has 0 atom stereocenters. The molecule has 0 aliphatic heterocycles. The molecule has 4 nitrogen and oxygen atoms in total. The molecule has 1 saturated carbocycles. The maximum Gasteiger partial charge on any atom is 0.242 e. The molecule has 2 aromatic carbocycles. The van der Waals surface area contributed by atoms with Crippen LogP contribution in [0.4, 0.5) is 0 Å². The molecule has 0 radical (unpaired) electrons. The van der Waals surface area contributed by atoms with Crippen molar-refractivity contribution < 1.29 is 13.5 Å². The second-order valence-electron chi connectivity index (χ2n) is 6.64. The second-order valence-corrected chi connectivity index (χ2v) is 8.73. The first kappa shape index (κ1) is 18.4. The smallest absolute Gasteiger partial charge is 0.242 e. The van der Waals surface area contributed by atoms with Gasteiger partial charge in [0.1, 0.15) is 4.90 Å². The third-order valence-corrected chi connectivity index (χ3v) is 6.63. The van der Waals surface area contributed by atoms with Crippen LogP contribution in [0.25, 0.3) is 11.1 Å². The van der Waals surface area contributed by atoms with E-state index in [1.54, 1.807) is 18.2 Å². The Balaban J connectivity index is 1.81. The molecule has 0 saturated heterocycles. The van der Waals surface area contributed by atoms with Crippen LogP contribution in [-0.2, 0) is 10.0 Å². The molecule has 0 aromatic heterocycles. The first-order valence-corrected chi connectivity index (χ1v) is 10.3. The van der Waals surface area contributed by atoms with Crippen LogP contribution in [0.5, 0.6) is 0 Å². The van der Waals surface area contributed by atoms with E-state index in [4.69, 9.17) is 11.6 Å². The van der Waals surface area contributed by atoms with Gasteiger partial charge in [0, 0.05) is 6.04 Å². The molecule has 134 valence electrons. The van der Waals surface area contributed by atoms with Crippen molar-refractivity contribution in [3.63, 3.8) is 0 Å². The van der Waals surface area contributed by atoms with Gasteiger partial charge in [-0.05, 0) is 55.9 Å². The lowest BCUT2D eigenvalue weighted by molar-refractivity contribution is 0.120. The van der Waals surface area contributed by atoms with Crippen LogP contribution in [0.3, 0.4) is 0 Å². The van der Waals surface area contributed by atoms with Crippen molar-refractivity contribution in [2.75, 3.05) is 0 Å². The summed E-state index contributed by atoms with van der Waals surface area (Å²) >= 11 is 6.28. The second kappa shape index (κ2) is 7.46. The van der Waals surface area contributed by atoms with Crippen molar-refractivity contribution in [3.05, 3.63) is 53.1 Å². The van der Waals surface area contributed by atoms with Crippen molar-refractivity contribution in [1.29, 1.82) is 0 Å². The molecule has 25 heavy (non-hydrogen) atoms. The van der Waals surface area contributed by atoms with Gasteiger partial charge >= 0.3 is 0 Å². The lowest BCUT2D eigenvalue weighted by Gasteiger charge is -2.26. The number of hydrogen-bond acceptors (Lipinski definition) is 3. The van der Waals surface area contributed by atoms with Crippen LogP contribution in [0, 0.1) is 6.92 Å². The molecular weight excluding hydrogens is 358 g/mol. The van der Waals surface area contributed by atoms with Crippen molar-refractivity contribution >= 4 is 21.6 Å². The van der Waals surface area contributed by atoms with Gasteiger partial charge in [0.05, 0.1) is 11.1 Å². The molecule has 1 aliphatic rings. The molecule has 0 unspecified atom stereocenters. The monoisotopic (exact) mass is 379 g/mol. The number of sulfonamides is 1. The lowest BCUT2D eigenvalue weighted by Crippen LogP contribution is -2.38. The minimum atomic E-state index is -3.68. The van der Waals surface area contributed by atoms with Crippen molar-refractivity contribution in [2.24, 2.45) is 0 Å². The van der Waals surface area contributed by atoms with Crippen LogP contribution in [-0.4, -0.2) is 25.7 Å². The highest BCUT2D eigenvalue weighted by atomic mass is 35.5. The van der Waals surface area contributed by atoms with Gasteiger partial charge in [0.2, 0.25) is 10.0 Å². The third kappa shape index (κ3) is 4.42. The Morgan fingerprint density at radius 3 is 2.20 bits per heavy atom. The summed E-state index contributed by atoms with van der Waals surface area (Å²) in [7, 11) is -3.68. The Labute approximate surface area is 153 Å². The largest absolute Gasteiger partial charge is 0.393 e. The highest BCUT2D eigenvalue weighted by Gasteiger charge is 2.26. The molecule has 0 spiro atoms. The summed E-state index contributed by atoms with van der Waals surface area (Å²) < 4.78 is 28.0. The number of rotatable bonds is 4. The molecule has 2 N–H and O–H groups in total. The van der Waals surface area contributed by atoms with Crippen LogP contribution in [0.15, 0.2) is 47.4 Å². The average molecular weight is 380 g/mol. The number of hydrogen-bond donors (Lipinski definition) is 2. The summed E-state index contributed by atoms with van der Waals surface area (Å²) in [5.41, 5.74) is 3.03. The van der Waals surface area contributed by atoms with E-state index >= 15 is 0 Å². The molecule has 1 aliphatic carbocycles. The topological polar surface area (TPSA) is 66.4 Å². The van der Waals surface area contributed by atoms with E-state index in [1.807, 2.05) is 31.2 Å². The van der Waals surface area contributed by atoms with E-state index in [2.05, 4.69) is 4.72 Å². The minimum Gasteiger partial charge on any atom is -0.393 e. The number of benzene rings is 2. The number of halogens is 1. The van der Waals surface area contributed by atoms with E-state index < -0.39 is 10.0 Å². The fraction of sp³-hybridized carbons (Fsp3) is 0.368. The van der Waals surface area contributed by atoms with Crippen molar-refractivity contribution in [1.82, 2.24) is 4.72 Å². The van der Waals surface area contributed by atoms with Crippen LogP contribution >= 0.6 is 11.6 Å². The minimum absolute atomic E-state index is 0.0937. The zero-order chi connectivity index (χ0) is 18.0. The fourth-order valence-electron chi connectivity index (χ4n) is 3.12. The predicted octanol–water partition coefficient (Wildman–Crippen LogP) is 3.90. The number of aryl methyl sites for hydroxylation is 1. The normalized spacial score (nSPS) is 21.2. The molecule has 0 amide bonds. The zero-order valence-corrected chi connectivity index (χ0v) is 15.6. The molecule has 3 rings (SSSR count). The average Bonchev–Trinajstić information content (AvgIpc) is 2.57. The molecular formula is C19H22ClNO3S. The summed E-state index contributed by atoms with van der Waals surface area (Å²) in [5, 5.41) is 9.75. The Morgan fingerprint density at radius 1 is 1.00 bits per heavy atom. The quantitative estimate of drug-likeness (QED) is 0.846. The van der Waals surface area contributed by atoms with Crippen LogP contribution in [0.2, 0.25) is 5.02 Å². The van der Waals surface area contributed by atoms with E-state index in [0.717, 1.165) is 16.7 Å². The molecule has 6 heteroatoms. The highest BCUT2D eigenvalue weighted by Crippen LogP contribution is 2.29. The van der Waals surface area contributed by atoms with Gasteiger partial charge in [-0.15, -0.1) is 0 Å². The Bertz CT molecular complexity index is 841. The molecule has 0 bridgehead atoms. The van der Waals surface area contributed by atoms with Gasteiger partial charge in [0.25, 0.3) is 0 Å². The van der Waals surface area contributed by atoms with Gasteiger partial charge in [-0.2, -0.15) is 0 Å². The zero-order valence-electron chi connectivity index (χ0n) is 14.1. The first-order valence-electron chi connectivity index (χ1n) is 8.42. The van der Waals surface area contributed by atoms with Crippen molar-refractivity contribution in [3.8, 4) is 11.1 Å². The van der Waals surface area contributed by atoms with E-state index in [-0.39, 0.29) is 22.1 Å². The predicted molar refractivity (Wildman–Crippen MR) is 100 cm³/mol. The Morgan fingerprint density at radius 2 is 1.60 bits per heavy atom. The van der Waals surface area contributed by atoms with Gasteiger partial charge in [-0.3, -0.25) is 0 Å². The van der Waals surface area contributed by atoms with Crippen molar-refractivity contribution in [2.45, 2.75) is 49.6 Å². The van der Waals surface area contributed by atoms with E-state index in [0.29, 0.717) is 25.7 Å². The van der Waals surface area contributed by atoms with Gasteiger partial charge in [0.15, 0.2) is 0 Å². The standard InChI is InChI=1S/C19H22ClNO3S/c1-13-2-4-14(5-3-13)15-6-11-19(18(20)12-15)25(23,24)21-16-7-9-17(22)10-8-16/h2-6,11-12,16-17,21-22H,7-10H2,1H3/t16-,17-. The third-order valence-electron chi connectivity index (χ3n) is 4.62. The summed E-state index contributed by atoms with van der Waals surface area (Å²) in [4.78, 5) is 0.0937. The molecule has 0 heterocycles. The molecule has 2 aromatic rings. The summed E-state index contributed by atoms with van der Waals surface area (Å²) in [6.07, 6.45) is 2.19. The van der Waals surface area contributed by atoms with Crippen LogP contribution in [0.1, 0.15) is 31.2 Å². The SMILES string of the molecule is Cc1ccc(-c2ccc(S(=O)(=O)N[C@H]3CC[C@H](O)CC3)c(Cl)c2)cc1. The van der Waals surface area contributed by atoms with Gasteiger partial charge < -0.3 is 5.11 Å². The lowest BCUT2D eigenvalue weighted by atomic mass is 9.94. The van der Waals surface area contributed by atoms with Crippen LogP contribution < -0.4 is 4.72 Å². The number of aliphatic hydroxyl groups excluding tert-OH is 1. The van der Waals surface area contributed by atoms with Gasteiger partial charge in [-0.25, -0.2) is 13.1 Å². The van der Waals surface area contributed by atoms with E-state index in [1.165, 1.54) is 0 Å². The Hall–Kier alpha value is -1.40. The summed E-state index contributed by atoms with van der Waals surface area (Å²) in [5.74, 6) is 0. The fourth-order valence-corrected chi connectivity index (χ4v) is 4.97. The number of aliphatic hydroxyl groups is 1. The first-order chi connectivity index (χ1) is 11.8. The summed E-state index contributed by atoms with van der Waals surface area (Å²) in [6, 6.07) is 12.8. The highest BCUT2D eigenvalue weighted by molar-refractivity contribution is 7.89. The maximum absolute atomic E-state index is 12.6. The number of nitrogens with one attached hydrogen (secondary N) is 1. The van der Waals surface area contributed by atoms with Gasteiger partial charge in [-0.1, -0.05) is 47.5 Å². The maximum atomic E-state index is 12.6. The Kier molecular flexibility index (Phi) is 5.49. The molecule has 1 fully saturated rings. The summed E-state index contributed by atoms with van der Waals surface area (Å²) in [6.45, 7) is 2.02.